The van der Waals surface area contributed by atoms with Crippen molar-refractivity contribution in [2.24, 2.45) is 0 Å². The highest BCUT2D eigenvalue weighted by Crippen LogP contribution is 2.31. The van der Waals surface area contributed by atoms with Gasteiger partial charge in [0.2, 0.25) is 0 Å². The molecule has 2 aliphatic rings. The first-order valence-electron chi connectivity index (χ1n) is 6.93. The summed E-state index contributed by atoms with van der Waals surface area (Å²) < 4.78 is 0. The summed E-state index contributed by atoms with van der Waals surface area (Å²) >= 11 is 0. The smallest absolute Gasteiger partial charge is 0.135 e. The quantitative estimate of drug-likeness (QED) is 0.790. The number of aryl methyl sites for hydroxylation is 2. The van der Waals surface area contributed by atoms with Crippen LogP contribution in [0.3, 0.4) is 0 Å². The molecule has 0 aromatic carbocycles. The van der Waals surface area contributed by atoms with Crippen LogP contribution < -0.4 is 4.90 Å². The summed E-state index contributed by atoms with van der Waals surface area (Å²) in [6.45, 7) is 4.23. The van der Waals surface area contributed by atoms with Crippen LogP contribution in [-0.4, -0.2) is 48.1 Å². The number of hydrogen-bond acceptors (Lipinski definition) is 4. The van der Waals surface area contributed by atoms with Crippen molar-refractivity contribution in [1.82, 2.24) is 14.9 Å². The molecule has 0 bridgehead atoms. The predicted molar refractivity (Wildman–Crippen MR) is 73.1 cm³/mol. The molecule has 1 aromatic rings. The molecule has 0 N–H and O–H groups in total. The van der Waals surface area contributed by atoms with Crippen molar-refractivity contribution in [3.05, 3.63) is 17.1 Å². The fourth-order valence-electron chi connectivity index (χ4n) is 2.91. The summed E-state index contributed by atoms with van der Waals surface area (Å²) in [5.41, 5.74) is 2.72. The van der Waals surface area contributed by atoms with Gasteiger partial charge < -0.3 is 9.80 Å². The van der Waals surface area contributed by atoms with E-state index in [1.807, 2.05) is 6.92 Å². The zero-order valence-electron chi connectivity index (χ0n) is 11.6. The largest absolute Gasteiger partial charge is 0.353 e. The molecule has 0 unspecified atom stereocenters. The van der Waals surface area contributed by atoms with E-state index in [0.717, 1.165) is 31.8 Å². The average molecular weight is 246 g/mol. The fraction of sp³-hybridized carbons (Fsp3) is 0.714. The number of aromatic nitrogens is 2. The summed E-state index contributed by atoms with van der Waals surface area (Å²) in [7, 11) is 4.31. The molecule has 18 heavy (non-hydrogen) atoms. The van der Waals surface area contributed by atoms with E-state index in [-0.39, 0.29) is 0 Å². The molecule has 1 aliphatic heterocycles. The monoisotopic (exact) mass is 246 g/mol. The van der Waals surface area contributed by atoms with Crippen LogP contribution in [0.5, 0.6) is 0 Å². The molecule has 1 fully saturated rings. The lowest BCUT2D eigenvalue weighted by atomic mass is 9.95. The standard InChI is InChI=1S/C14H22N4/c1-10-15-13-7-5-4-6-12(13)14(16-10)18-8-11(9-18)17(2)3/h11H,4-9H2,1-3H3. The summed E-state index contributed by atoms with van der Waals surface area (Å²) in [5.74, 6) is 2.15. The highest BCUT2D eigenvalue weighted by atomic mass is 15.3. The lowest BCUT2D eigenvalue weighted by molar-refractivity contribution is 0.245. The van der Waals surface area contributed by atoms with Crippen LogP contribution in [0.2, 0.25) is 0 Å². The second-order valence-electron chi connectivity index (χ2n) is 5.75. The molecule has 1 aromatic heterocycles. The Morgan fingerprint density at radius 3 is 2.56 bits per heavy atom. The Morgan fingerprint density at radius 1 is 1.11 bits per heavy atom. The van der Waals surface area contributed by atoms with Crippen molar-refractivity contribution in [3.8, 4) is 0 Å². The van der Waals surface area contributed by atoms with E-state index in [0.29, 0.717) is 6.04 Å². The second-order valence-corrected chi connectivity index (χ2v) is 5.75. The summed E-state index contributed by atoms with van der Waals surface area (Å²) in [6.07, 6.45) is 4.87. The average Bonchev–Trinajstić information content (AvgIpc) is 2.26. The Hall–Kier alpha value is -1.16. The third-order valence-corrected chi connectivity index (χ3v) is 4.17. The van der Waals surface area contributed by atoms with E-state index >= 15 is 0 Å². The van der Waals surface area contributed by atoms with Crippen LogP contribution in [0, 0.1) is 6.92 Å². The van der Waals surface area contributed by atoms with Crippen molar-refractivity contribution in [2.75, 3.05) is 32.1 Å². The molecule has 98 valence electrons. The maximum absolute atomic E-state index is 4.70. The predicted octanol–water partition coefficient (Wildman–Crippen LogP) is 1.41. The van der Waals surface area contributed by atoms with Crippen LogP contribution in [0.4, 0.5) is 5.82 Å². The van der Waals surface area contributed by atoms with Gasteiger partial charge in [-0.3, -0.25) is 0 Å². The first-order valence-corrected chi connectivity index (χ1v) is 6.93. The van der Waals surface area contributed by atoms with Crippen molar-refractivity contribution in [3.63, 3.8) is 0 Å². The van der Waals surface area contributed by atoms with Crippen LogP contribution >= 0.6 is 0 Å². The first-order chi connectivity index (χ1) is 8.65. The van der Waals surface area contributed by atoms with Gasteiger partial charge in [-0.15, -0.1) is 0 Å². The fourth-order valence-corrected chi connectivity index (χ4v) is 2.91. The molecule has 3 rings (SSSR count). The zero-order valence-corrected chi connectivity index (χ0v) is 11.6. The molecule has 0 spiro atoms. The number of hydrogen-bond donors (Lipinski definition) is 0. The van der Waals surface area contributed by atoms with E-state index in [1.165, 1.54) is 29.9 Å². The molecule has 1 saturated heterocycles. The molecular formula is C14H22N4. The molecule has 4 heteroatoms. The van der Waals surface area contributed by atoms with Gasteiger partial charge >= 0.3 is 0 Å². The third kappa shape index (κ3) is 1.99. The third-order valence-electron chi connectivity index (χ3n) is 4.17. The Kier molecular flexibility index (Phi) is 2.98. The summed E-state index contributed by atoms with van der Waals surface area (Å²) in [6, 6.07) is 0.680. The second kappa shape index (κ2) is 4.50. The number of anilines is 1. The SMILES string of the molecule is Cc1nc2c(c(N3CC(N(C)C)C3)n1)CCCC2. The van der Waals surface area contributed by atoms with Crippen LogP contribution in [0.1, 0.15) is 29.9 Å². The number of fused-ring (bicyclic) bond motifs is 1. The van der Waals surface area contributed by atoms with E-state index in [4.69, 9.17) is 4.98 Å². The van der Waals surface area contributed by atoms with E-state index < -0.39 is 0 Å². The Morgan fingerprint density at radius 2 is 1.83 bits per heavy atom. The minimum Gasteiger partial charge on any atom is -0.353 e. The van der Waals surface area contributed by atoms with E-state index in [2.05, 4.69) is 28.9 Å². The minimum absolute atomic E-state index is 0.680. The van der Waals surface area contributed by atoms with Crippen molar-refractivity contribution >= 4 is 5.82 Å². The lowest BCUT2D eigenvalue weighted by Crippen LogP contribution is -2.58. The first kappa shape index (κ1) is 11.9. The van der Waals surface area contributed by atoms with Crippen molar-refractivity contribution < 1.29 is 0 Å². The van der Waals surface area contributed by atoms with Crippen LogP contribution in [-0.2, 0) is 12.8 Å². The molecule has 0 amide bonds. The van der Waals surface area contributed by atoms with Gasteiger partial charge in [0.25, 0.3) is 0 Å². The maximum Gasteiger partial charge on any atom is 0.135 e. The molecule has 0 saturated carbocycles. The van der Waals surface area contributed by atoms with E-state index in [1.54, 1.807) is 0 Å². The van der Waals surface area contributed by atoms with Crippen molar-refractivity contribution in [2.45, 2.75) is 38.6 Å². The van der Waals surface area contributed by atoms with Gasteiger partial charge in [0.15, 0.2) is 0 Å². The normalized spacial score (nSPS) is 19.9. The Balaban J connectivity index is 1.86. The number of likely N-dealkylation sites (N-methyl/N-ethyl adjacent to an activating group) is 1. The summed E-state index contributed by atoms with van der Waals surface area (Å²) in [5, 5.41) is 0. The maximum atomic E-state index is 4.70. The van der Waals surface area contributed by atoms with Gasteiger partial charge in [-0.05, 0) is 46.7 Å². The lowest BCUT2D eigenvalue weighted by Gasteiger charge is -2.44. The Labute approximate surface area is 109 Å². The van der Waals surface area contributed by atoms with Gasteiger partial charge in [0.05, 0.1) is 0 Å². The zero-order chi connectivity index (χ0) is 12.7. The highest BCUT2D eigenvalue weighted by molar-refractivity contribution is 5.52. The topological polar surface area (TPSA) is 32.3 Å². The summed E-state index contributed by atoms with van der Waals surface area (Å²) in [4.78, 5) is 14.0. The van der Waals surface area contributed by atoms with Gasteiger partial charge in [-0.25, -0.2) is 9.97 Å². The number of rotatable bonds is 2. The molecule has 1 aliphatic carbocycles. The molecule has 0 atom stereocenters. The van der Waals surface area contributed by atoms with Crippen molar-refractivity contribution in [1.29, 1.82) is 0 Å². The Bertz CT molecular complexity index is 449. The minimum atomic E-state index is 0.680. The molecular weight excluding hydrogens is 224 g/mol. The van der Waals surface area contributed by atoms with Gasteiger partial charge in [-0.1, -0.05) is 0 Å². The number of nitrogens with zero attached hydrogens (tertiary/aromatic N) is 4. The molecule has 4 nitrogen and oxygen atoms in total. The highest BCUT2D eigenvalue weighted by Gasteiger charge is 2.32. The van der Waals surface area contributed by atoms with Gasteiger partial charge in [0.1, 0.15) is 11.6 Å². The molecule has 0 radical (unpaired) electrons. The van der Waals surface area contributed by atoms with Crippen LogP contribution in [0.15, 0.2) is 0 Å². The molecule has 2 heterocycles. The van der Waals surface area contributed by atoms with Gasteiger partial charge in [0, 0.05) is 30.4 Å². The van der Waals surface area contributed by atoms with Gasteiger partial charge in [-0.2, -0.15) is 0 Å². The van der Waals surface area contributed by atoms with Crippen LogP contribution in [0.25, 0.3) is 0 Å². The van der Waals surface area contributed by atoms with E-state index in [9.17, 15) is 0 Å².